The zero-order chi connectivity index (χ0) is 18.6. The largest absolute Gasteiger partial charge is 0.395 e. The zero-order valence-corrected chi connectivity index (χ0v) is 16.5. The van der Waals surface area contributed by atoms with E-state index in [-0.39, 0.29) is 19.1 Å². The Labute approximate surface area is 155 Å². The van der Waals surface area contributed by atoms with Crippen molar-refractivity contribution >= 4 is 5.91 Å². The molecule has 0 aromatic carbocycles. The van der Waals surface area contributed by atoms with Gasteiger partial charge in [0.25, 0.3) is 0 Å². The molecule has 0 aliphatic carbocycles. The van der Waals surface area contributed by atoms with Gasteiger partial charge in [-0.15, -0.1) is 0 Å². The van der Waals surface area contributed by atoms with Crippen LogP contribution in [0.2, 0.25) is 0 Å². The summed E-state index contributed by atoms with van der Waals surface area (Å²) in [7, 11) is 0. The van der Waals surface area contributed by atoms with E-state index in [0.717, 1.165) is 12.8 Å². The molecule has 25 heavy (non-hydrogen) atoms. The second-order valence-corrected chi connectivity index (χ2v) is 6.92. The molecule has 0 aliphatic heterocycles. The highest BCUT2D eigenvalue weighted by molar-refractivity contribution is 5.75. The van der Waals surface area contributed by atoms with Gasteiger partial charge >= 0.3 is 0 Å². The summed E-state index contributed by atoms with van der Waals surface area (Å²) < 4.78 is 0. The van der Waals surface area contributed by atoms with E-state index in [1.54, 1.807) is 0 Å². The van der Waals surface area contributed by atoms with Crippen LogP contribution >= 0.6 is 0 Å². The molecule has 0 radical (unpaired) electrons. The van der Waals surface area contributed by atoms with Crippen molar-refractivity contribution in [2.45, 2.75) is 84.0 Å². The molecule has 0 spiro atoms. The van der Waals surface area contributed by atoms with Gasteiger partial charge < -0.3 is 15.5 Å². The van der Waals surface area contributed by atoms with Crippen molar-refractivity contribution in [1.29, 1.82) is 0 Å². The van der Waals surface area contributed by atoms with Gasteiger partial charge in [0, 0.05) is 32.6 Å². The smallest absolute Gasteiger partial charge is 0.220 e. The molecule has 0 unspecified atom stereocenters. The lowest BCUT2D eigenvalue weighted by Gasteiger charge is -2.20. The van der Waals surface area contributed by atoms with E-state index < -0.39 is 0 Å². The van der Waals surface area contributed by atoms with Crippen molar-refractivity contribution in [2.75, 3.05) is 39.4 Å². The van der Waals surface area contributed by atoms with E-state index in [1.807, 2.05) is 4.90 Å². The topological polar surface area (TPSA) is 72.8 Å². The van der Waals surface area contributed by atoms with E-state index in [4.69, 9.17) is 10.2 Å². The molecular weight excluding hydrogens is 316 g/mol. The first kappa shape index (κ1) is 24.4. The van der Waals surface area contributed by atoms with Crippen molar-refractivity contribution in [3.8, 4) is 0 Å². The summed E-state index contributed by atoms with van der Waals surface area (Å²) in [5, 5.41) is 20.8. The Morgan fingerprint density at radius 2 is 1.24 bits per heavy atom. The highest BCUT2D eigenvalue weighted by atomic mass is 16.3. The summed E-state index contributed by atoms with van der Waals surface area (Å²) in [6.45, 7) is 4.73. The Kier molecular flexibility index (Phi) is 19.2. The van der Waals surface area contributed by atoms with Crippen molar-refractivity contribution in [3.63, 3.8) is 0 Å². The van der Waals surface area contributed by atoms with E-state index in [2.05, 4.69) is 12.2 Å². The lowest BCUT2D eigenvalue weighted by atomic mass is 10.1. The monoisotopic (exact) mass is 358 g/mol. The van der Waals surface area contributed by atoms with E-state index in [9.17, 15) is 4.79 Å². The first-order valence-electron chi connectivity index (χ1n) is 10.4. The van der Waals surface area contributed by atoms with Gasteiger partial charge in [-0.05, 0) is 6.42 Å². The van der Waals surface area contributed by atoms with Gasteiger partial charge in [0.15, 0.2) is 0 Å². The molecule has 0 aromatic rings. The minimum atomic E-state index is 0.0761. The average Bonchev–Trinajstić information content (AvgIpc) is 2.60. The number of nitrogens with one attached hydrogen (secondary N) is 1. The van der Waals surface area contributed by atoms with Crippen LogP contribution in [0.1, 0.15) is 84.0 Å². The number of unbranched alkanes of at least 4 members (excludes halogenated alkanes) is 10. The minimum Gasteiger partial charge on any atom is -0.395 e. The summed E-state index contributed by atoms with van der Waals surface area (Å²) in [6, 6.07) is 0. The Bertz CT molecular complexity index is 282. The van der Waals surface area contributed by atoms with Crippen LogP contribution < -0.4 is 5.32 Å². The Hall–Kier alpha value is -0.650. The van der Waals surface area contributed by atoms with Gasteiger partial charge in [-0.25, -0.2) is 0 Å². The molecule has 0 bridgehead atoms. The molecule has 0 heterocycles. The van der Waals surface area contributed by atoms with Crippen LogP contribution in [-0.4, -0.2) is 60.4 Å². The molecule has 150 valence electrons. The Balaban J connectivity index is 3.35. The van der Waals surface area contributed by atoms with E-state index in [0.29, 0.717) is 32.6 Å². The second kappa shape index (κ2) is 19.7. The number of carbonyl (C=O) groups is 1. The van der Waals surface area contributed by atoms with Crippen LogP contribution in [0.4, 0.5) is 0 Å². The van der Waals surface area contributed by atoms with E-state index in [1.165, 1.54) is 57.8 Å². The molecule has 5 nitrogen and oxygen atoms in total. The van der Waals surface area contributed by atoms with Crippen molar-refractivity contribution in [1.82, 2.24) is 10.2 Å². The van der Waals surface area contributed by atoms with Gasteiger partial charge in [-0.3, -0.25) is 9.69 Å². The van der Waals surface area contributed by atoms with Crippen LogP contribution in [0.25, 0.3) is 0 Å². The van der Waals surface area contributed by atoms with Gasteiger partial charge in [0.05, 0.1) is 13.2 Å². The third-order valence-corrected chi connectivity index (χ3v) is 4.59. The number of aliphatic hydroxyl groups is 2. The summed E-state index contributed by atoms with van der Waals surface area (Å²) in [5.74, 6) is 0.115. The molecule has 0 aliphatic rings. The van der Waals surface area contributed by atoms with Gasteiger partial charge in [-0.1, -0.05) is 71.1 Å². The first-order valence-corrected chi connectivity index (χ1v) is 10.4. The number of amides is 1. The van der Waals surface area contributed by atoms with Crippen molar-refractivity contribution in [2.24, 2.45) is 0 Å². The van der Waals surface area contributed by atoms with Gasteiger partial charge in [0.1, 0.15) is 0 Å². The predicted molar refractivity (Wildman–Crippen MR) is 105 cm³/mol. The molecule has 0 fully saturated rings. The maximum Gasteiger partial charge on any atom is 0.220 e. The number of hydrogen-bond donors (Lipinski definition) is 3. The number of rotatable bonds is 19. The fourth-order valence-corrected chi connectivity index (χ4v) is 3.01. The fraction of sp³-hybridized carbons (Fsp3) is 0.950. The maximum absolute atomic E-state index is 11.8. The third-order valence-electron chi connectivity index (χ3n) is 4.59. The fourth-order valence-electron chi connectivity index (χ4n) is 3.01. The quantitative estimate of drug-likeness (QED) is 0.310. The predicted octanol–water partition coefficient (Wildman–Crippen LogP) is 3.09. The summed E-state index contributed by atoms with van der Waals surface area (Å²) in [6.07, 6.45) is 14.8. The lowest BCUT2D eigenvalue weighted by Crippen LogP contribution is -2.37. The summed E-state index contributed by atoms with van der Waals surface area (Å²) in [4.78, 5) is 13.7. The van der Waals surface area contributed by atoms with Gasteiger partial charge in [0.2, 0.25) is 5.91 Å². The minimum absolute atomic E-state index is 0.0761. The van der Waals surface area contributed by atoms with Crippen LogP contribution in [0.15, 0.2) is 0 Å². The molecule has 0 atom stereocenters. The number of aliphatic hydroxyl groups excluding tert-OH is 2. The normalized spacial score (nSPS) is 11.2. The highest BCUT2D eigenvalue weighted by Gasteiger charge is 2.05. The number of nitrogens with zero attached hydrogens (tertiary/aromatic N) is 1. The molecular formula is C20H42N2O3. The van der Waals surface area contributed by atoms with Crippen LogP contribution in [0.5, 0.6) is 0 Å². The molecule has 5 heteroatoms. The molecule has 0 aromatic heterocycles. The van der Waals surface area contributed by atoms with Crippen molar-refractivity contribution in [3.05, 3.63) is 0 Å². The maximum atomic E-state index is 11.8. The van der Waals surface area contributed by atoms with Crippen LogP contribution in [0.3, 0.4) is 0 Å². The summed E-state index contributed by atoms with van der Waals surface area (Å²) in [5.41, 5.74) is 0. The van der Waals surface area contributed by atoms with Gasteiger partial charge in [-0.2, -0.15) is 0 Å². The SMILES string of the molecule is CCCCCCCCCCCCCC(=O)NCCN(CCO)CCO. The van der Waals surface area contributed by atoms with Crippen LogP contribution in [0, 0.1) is 0 Å². The van der Waals surface area contributed by atoms with Crippen molar-refractivity contribution < 1.29 is 15.0 Å². The molecule has 1 amide bonds. The molecule has 0 saturated carbocycles. The van der Waals surface area contributed by atoms with Crippen LogP contribution in [-0.2, 0) is 4.79 Å². The first-order chi connectivity index (χ1) is 12.2. The summed E-state index contributed by atoms with van der Waals surface area (Å²) >= 11 is 0. The standard InChI is InChI=1S/C20H42N2O3/c1-2-3-4-5-6-7-8-9-10-11-12-13-20(25)21-14-15-22(16-18-23)17-19-24/h23-24H,2-19H2,1H3,(H,21,25). The lowest BCUT2D eigenvalue weighted by molar-refractivity contribution is -0.121. The average molecular weight is 359 g/mol. The Morgan fingerprint density at radius 1 is 0.760 bits per heavy atom. The number of carbonyl (C=O) groups excluding carboxylic acids is 1. The second-order valence-electron chi connectivity index (χ2n) is 6.92. The Morgan fingerprint density at radius 3 is 1.72 bits per heavy atom. The highest BCUT2D eigenvalue weighted by Crippen LogP contribution is 2.11. The molecule has 0 saturated heterocycles. The molecule has 3 N–H and O–H groups in total. The third kappa shape index (κ3) is 18.0. The number of hydrogen-bond acceptors (Lipinski definition) is 4. The zero-order valence-electron chi connectivity index (χ0n) is 16.5. The molecule has 0 rings (SSSR count). The van der Waals surface area contributed by atoms with E-state index >= 15 is 0 Å².